The first-order chi connectivity index (χ1) is 5.95. The van der Waals surface area contributed by atoms with Crippen molar-refractivity contribution in [1.29, 1.82) is 0 Å². The minimum Gasteiger partial charge on any atom is -0.491 e. The summed E-state index contributed by atoms with van der Waals surface area (Å²) in [7, 11) is 0. The van der Waals surface area contributed by atoms with Crippen LogP contribution in [0.25, 0.3) is 0 Å². The van der Waals surface area contributed by atoms with E-state index < -0.39 is 0 Å². The van der Waals surface area contributed by atoms with E-state index in [4.69, 9.17) is 4.74 Å². The average molecular weight is 201 g/mol. The lowest BCUT2D eigenvalue weighted by Crippen LogP contribution is -2.10. The first kappa shape index (κ1) is 8.38. The van der Waals surface area contributed by atoms with Gasteiger partial charge in [0, 0.05) is 5.92 Å². The van der Waals surface area contributed by atoms with Crippen LogP contribution in [0.5, 0.6) is 5.75 Å². The van der Waals surface area contributed by atoms with Gasteiger partial charge < -0.3 is 4.74 Å². The zero-order valence-corrected chi connectivity index (χ0v) is 8.37. The highest BCUT2D eigenvalue weighted by Crippen LogP contribution is 2.24. The predicted octanol–water partition coefficient (Wildman–Crippen LogP) is 2.28. The summed E-state index contributed by atoms with van der Waals surface area (Å²) in [4.78, 5) is 0. The van der Waals surface area contributed by atoms with E-state index in [1.54, 1.807) is 6.20 Å². The standard InChI is InChI=1S/C8H11NOS2/c1-2-11-5-7(1)4-10-8-3-9-12-6-8/h3,6-7H,1-2,4-5H2. The van der Waals surface area contributed by atoms with Gasteiger partial charge in [0.2, 0.25) is 0 Å². The van der Waals surface area contributed by atoms with Crippen molar-refractivity contribution in [3.05, 3.63) is 11.6 Å². The molecule has 2 heterocycles. The maximum atomic E-state index is 5.56. The van der Waals surface area contributed by atoms with Gasteiger partial charge in [-0.25, -0.2) is 0 Å². The van der Waals surface area contributed by atoms with Crippen molar-refractivity contribution < 1.29 is 4.74 Å². The van der Waals surface area contributed by atoms with Crippen molar-refractivity contribution in [2.24, 2.45) is 5.92 Å². The Balaban J connectivity index is 1.74. The van der Waals surface area contributed by atoms with E-state index in [0.717, 1.165) is 18.3 Å². The summed E-state index contributed by atoms with van der Waals surface area (Å²) in [6, 6.07) is 0. The van der Waals surface area contributed by atoms with E-state index >= 15 is 0 Å². The Bertz CT molecular complexity index is 219. The summed E-state index contributed by atoms with van der Waals surface area (Å²) < 4.78 is 9.54. The molecule has 0 amide bonds. The summed E-state index contributed by atoms with van der Waals surface area (Å²) >= 11 is 3.47. The fraction of sp³-hybridized carbons (Fsp3) is 0.625. The molecule has 2 rings (SSSR count). The normalized spacial score (nSPS) is 22.8. The first-order valence-electron chi connectivity index (χ1n) is 4.05. The van der Waals surface area contributed by atoms with Crippen molar-refractivity contribution in [3.8, 4) is 5.75 Å². The number of hydrogen-bond donors (Lipinski definition) is 0. The highest BCUT2D eigenvalue weighted by atomic mass is 32.2. The monoisotopic (exact) mass is 201 g/mol. The van der Waals surface area contributed by atoms with Gasteiger partial charge in [-0.2, -0.15) is 16.1 Å². The fourth-order valence-electron chi connectivity index (χ4n) is 1.20. The van der Waals surface area contributed by atoms with Crippen LogP contribution < -0.4 is 4.74 Å². The van der Waals surface area contributed by atoms with Crippen LogP contribution in [0.2, 0.25) is 0 Å². The first-order valence-corrected chi connectivity index (χ1v) is 6.04. The molecule has 0 N–H and O–H groups in total. The smallest absolute Gasteiger partial charge is 0.150 e. The minimum atomic E-state index is 0.759. The van der Waals surface area contributed by atoms with Gasteiger partial charge in [0.15, 0.2) is 0 Å². The zero-order chi connectivity index (χ0) is 8.23. The number of aromatic nitrogens is 1. The number of ether oxygens (including phenoxy) is 1. The van der Waals surface area contributed by atoms with E-state index in [-0.39, 0.29) is 0 Å². The van der Waals surface area contributed by atoms with Gasteiger partial charge in [0.1, 0.15) is 5.75 Å². The molecule has 1 atom stereocenters. The molecule has 2 nitrogen and oxygen atoms in total. The molecule has 0 aromatic carbocycles. The molecule has 0 spiro atoms. The molecule has 1 aromatic rings. The molecule has 1 saturated heterocycles. The highest BCUT2D eigenvalue weighted by molar-refractivity contribution is 7.99. The molecule has 1 unspecified atom stereocenters. The van der Waals surface area contributed by atoms with Crippen LogP contribution >= 0.6 is 23.3 Å². The van der Waals surface area contributed by atoms with Crippen LogP contribution in [0.1, 0.15) is 6.42 Å². The Morgan fingerprint density at radius 3 is 3.33 bits per heavy atom. The van der Waals surface area contributed by atoms with Crippen LogP contribution in [-0.4, -0.2) is 22.5 Å². The quantitative estimate of drug-likeness (QED) is 0.749. The van der Waals surface area contributed by atoms with E-state index in [0.29, 0.717) is 0 Å². The molecule has 12 heavy (non-hydrogen) atoms. The lowest BCUT2D eigenvalue weighted by atomic mass is 10.1. The van der Waals surface area contributed by atoms with Crippen molar-refractivity contribution in [3.63, 3.8) is 0 Å². The van der Waals surface area contributed by atoms with Gasteiger partial charge in [-0.3, -0.25) is 0 Å². The average Bonchev–Trinajstić information content (AvgIpc) is 2.74. The minimum absolute atomic E-state index is 0.759. The van der Waals surface area contributed by atoms with Crippen LogP contribution in [-0.2, 0) is 0 Å². The summed E-state index contributed by atoms with van der Waals surface area (Å²) in [5.74, 6) is 4.25. The number of hydrogen-bond acceptors (Lipinski definition) is 4. The Kier molecular flexibility index (Phi) is 2.89. The Labute approximate surface area is 80.5 Å². The third-order valence-electron chi connectivity index (χ3n) is 1.92. The number of nitrogens with zero attached hydrogens (tertiary/aromatic N) is 1. The van der Waals surface area contributed by atoms with Crippen molar-refractivity contribution in [2.75, 3.05) is 18.1 Å². The topological polar surface area (TPSA) is 22.1 Å². The van der Waals surface area contributed by atoms with E-state index in [1.165, 1.54) is 29.5 Å². The zero-order valence-electron chi connectivity index (χ0n) is 6.73. The second kappa shape index (κ2) is 4.14. The molecular weight excluding hydrogens is 190 g/mol. The molecule has 1 fully saturated rings. The second-order valence-corrected chi connectivity index (χ2v) is 4.71. The lowest BCUT2D eigenvalue weighted by Gasteiger charge is -2.07. The van der Waals surface area contributed by atoms with E-state index in [2.05, 4.69) is 4.37 Å². The maximum absolute atomic E-state index is 5.56. The summed E-state index contributed by atoms with van der Waals surface area (Å²) in [5, 5.41) is 1.95. The fourth-order valence-corrected chi connectivity index (χ4v) is 2.92. The third-order valence-corrected chi connectivity index (χ3v) is 3.72. The van der Waals surface area contributed by atoms with Gasteiger partial charge in [-0.05, 0) is 29.5 Å². The van der Waals surface area contributed by atoms with Gasteiger partial charge in [0.25, 0.3) is 0 Å². The Hall–Kier alpha value is -0.220. The second-order valence-electron chi connectivity index (χ2n) is 2.90. The van der Waals surface area contributed by atoms with Crippen molar-refractivity contribution in [2.45, 2.75) is 6.42 Å². The molecule has 0 aliphatic carbocycles. The van der Waals surface area contributed by atoms with Crippen LogP contribution in [0.15, 0.2) is 11.6 Å². The van der Waals surface area contributed by atoms with Crippen molar-refractivity contribution in [1.82, 2.24) is 4.37 Å². The molecule has 1 aromatic heterocycles. The van der Waals surface area contributed by atoms with Gasteiger partial charge in [-0.1, -0.05) is 0 Å². The molecule has 0 bridgehead atoms. The molecule has 66 valence electrons. The van der Waals surface area contributed by atoms with Crippen LogP contribution in [0.3, 0.4) is 0 Å². The molecule has 4 heteroatoms. The SMILES string of the molecule is c1nscc1OCC1CCSC1. The van der Waals surface area contributed by atoms with Crippen LogP contribution in [0.4, 0.5) is 0 Å². The molecule has 0 radical (unpaired) electrons. The summed E-state index contributed by atoms with van der Waals surface area (Å²) in [6.07, 6.45) is 3.09. The van der Waals surface area contributed by atoms with E-state index in [1.807, 2.05) is 17.1 Å². The maximum Gasteiger partial charge on any atom is 0.150 e. The molecule has 1 aliphatic rings. The predicted molar refractivity (Wildman–Crippen MR) is 53.0 cm³/mol. The molecule has 1 aliphatic heterocycles. The molecule has 0 saturated carbocycles. The summed E-state index contributed by atoms with van der Waals surface area (Å²) in [6.45, 7) is 0.866. The third kappa shape index (κ3) is 2.14. The summed E-state index contributed by atoms with van der Waals surface area (Å²) in [5.41, 5.74) is 0. The number of rotatable bonds is 3. The molecular formula is C8H11NOS2. The van der Waals surface area contributed by atoms with Gasteiger partial charge in [-0.15, -0.1) is 0 Å². The van der Waals surface area contributed by atoms with Gasteiger partial charge in [0.05, 0.1) is 18.2 Å². The number of thioether (sulfide) groups is 1. The van der Waals surface area contributed by atoms with Crippen molar-refractivity contribution >= 4 is 23.3 Å². The largest absolute Gasteiger partial charge is 0.491 e. The van der Waals surface area contributed by atoms with Crippen LogP contribution in [0, 0.1) is 5.92 Å². The Morgan fingerprint density at radius 1 is 1.67 bits per heavy atom. The lowest BCUT2D eigenvalue weighted by molar-refractivity contribution is 0.264. The highest BCUT2D eigenvalue weighted by Gasteiger charge is 2.15. The van der Waals surface area contributed by atoms with Gasteiger partial charge >= 0.3 is 0 Å². The van der Waals surface area contributed by atoms with E-state index in [9.17, 15) is 0 Å². The Morgan fingerprint density at radius 2 is 2.67 bits per heavy atom.